The Balaban J connectivity index is 1.40. The van der Waals surface area contributed by atoms with Gasteiger partial charge in [0.2, 0.25) is 5.91 Å². The molecule has 6 nitrogen and oxygen atoms in total. The molecule has 3 rings (SSSR count). The summed E-state index contributed by atoms with van der Waals surface area (Å²) in [5.41, 5.74) is 0.779. The number of amides is 1. The molecule has 0 aliphatic heterocycles. The molecule has 1 N–H and O–H groups in total. The number of aryl methyl sites for hydroxylation is 1. The molecule has 1 amide bonds. The summed E-state index contributed by atoms with van der Waals surface area (Å²) >= 11 is 1.52. The van der Waals surface area contributed by atoms with Crippen molar-refractivity contribution in [1.82, 2.24) is 14.8 Å². The van der Waals surface area contributed by atoms with Gasteiger partial charge in [0, 0.05) is 24.1 Å². The van der Waals surface area contributed by atoms with E-state index in [0.29, 0.717) is 19.4 Å². The average Bonchev–Trinajstić information content (AvgIpc) is 3.06. The Labute approximate surface area is 156 Å². The quantitative estimate of drug-likeness (QED) is 0.613. The lowest BCUT2D eigenvalue weighted by atomic mass is 10.2. The standard InChI is InChI=1S/C19H20N4O2S/c1-23-14-20-22-19(23)26-17-11-9-15(10-12-17)21-18(24)8-5-13-25-16-6-3-2-4-7-16/h2-4,6-7,9-12,14H,5,8,13H2,1H3,(H,21,24). The lowest BCUT2D eigenvalue weighted by Crippen LogP contribution is -2.12. The molecule has 0 saturated heterocycles. The van der Waals surface area contributed by atoms with Gasteiger partial charge in [-0.25, -0.2) is 0 Å². The zero-order valence-corrected chi connectivity index (χ0v) is 15.3. The van der Waals surface area contributed by atoms with E-state index in [1.807, 2.05) is 66.2 Å². The number of carbonyl (C=O) groups is 1. The van der Waals surface area contributed by atoms with E-state index in [9.17, 15) is 4.79 Å². The Morgan fingerprint density at radius 3 is 2.62 bits per heavy atom. The minimum absolute atomic E-state index is 0.0182. The predicted octanol–water partition coefficient (Wildman–Crippen LogP) is 3.76. The van der Waals surface area contributed by atoms with Gasteiger partial charge >= 0.3 is 0 Å². The fourth-order valence-corrected chi connectivity index (χ4v) is 3.00. The number of hydrogen-bond acceptors (Lipinski definition) is 5. The van der Waals surface area contributed by atoms with Crippen LogP contribution in [-0.4, -0.2) is 27.3 Å². The van der Waals surface area contributed by atoms with Crippen molar-refractivity contribution in [3.63, 3.8) is 0 Å². The van der Waals surface area contributed by atoms with E-state index in [4.69, 9.17) is 4.74 Å². The highest BCUT2D eigenvalue weighted by molar-refractivity contribution is 7.99. The van der Waals surface area contributed by atoms with Crippen LogP contribution in [-0.2, 0) is 11.8 Å². The van der Waals surface area contributed by atoms with Gasteiger partial charge in [-0.3, -0.25) is 4.79 Å². The molecule has 3 aromatic rings. The van der Waals surface area contributed by atoms with Crippen LogP contribution in [0.1, 0.15) is 12.8 Å². The van der Waals surface area contributed by atoms with Gasteiger partial charge in [-0.2, -0.15) is 0 Å². The van der Waals surface area contributed by atoms with E-state index >= 15 is 0 Å². The van der Waals surface area contributed by atoms with Crippen molar-refractivity contribution in [2.24, 2.45) is 7.05 Å². The molecule has 0 aliphatic carbocycles. The number of nitrogens with zero attached hydrogens (tertiary/aromatic N) is 3. The lowest BCUT2D eigenvalue weighted by Gasteiger charge is -2.08. The van der Waals surface area contributed by atoms with Crippen molar-refractivity contribution < 1.29 is 9.53 Å². The number of para-hydroxylation sites is 1. The molecule has 0 fully saturated rings. The molecule has 2 aromatic carbocycles. The van der Waals surface area contributed by atoms with Crippen LogP contribution in [0.2, 0.25) is 0 Å². The molecule has 0 bridgehead atoms. The molecule has 1 heterocycles. The van der Waals surface area contributed by atoms with Gasteiger partial charge < -0.3 is 14.6 Å². The number of ether oxygens (including phenoxy) is 1. The summed E-state index contributed by atoms with van der Waals surface area (Å²) in [5, 5.41) is 11.6. The molecule has 26 heavy (non-hydrogen) atoms. The first-order chi connectivity index (χ1) is 12.7. The van der Waals surface area contributed by atoms with Gasteiger partial charge in [-0.15, -0.1) is 10.2 Å². The van der Waals surface area contributed by atoms with Gasteiger partial charge in [0.15, 0.2) is 5.16 Å². The highest BCUT2D eigenvalue weighted by Crippen LogP contribution is 2.26. The molecule has 0 atom stereocenters. The van der Waals surface area contributed by atoms with Crippen LogP contribution in [0.15, 0.2) is 71.0 Å². The van der Waals surface area contributed by atoms with Crippen LogP contribution >= 0.6 is 11.8 Å². The Morgan fingerprint density at radius 1 is 1.15 bits per heavy atom. The number of carbonyl (C=O) groups excluding carboxylic acids is 1. The van der Waals surface area contributed by atoms with Gasteiger partial charge in [-0.1, -0.05) is 18.2 Å². The maximum absolute atomic E-state index is 12.0. The Kier molecular flexibility index (Phi) is 6.27. The number of aromatic nitrogens is 3. The van der Waals surface area contributed by atoms with Crippen molar-refractivity contribution >= 4 is 23.4 Å². The number of rotatable bonds is 8. The first-order valence-electron chi connectivity index (χ1n) is 8.30. The number of hydrogen-bond donors (Lipinski definition) is 1. The first kappa shape index (κ1) is 18.0. The van der Waals surface area contributed by atoms with Crippen LogP contribution in [0.5, 0.6) is 5.75 Å². The highest BCUT2D eigenvalue weighted by Gasteiger charge is 2.05. The summed E-state index contributed by atoms with van der Waals surface area (Å²) in [6.07, 6.45) is 2.75. The predicted molar refractivity (Wildman–Crippen MR) is 101 cm³/mol. The average molecular weight is 368 g/mol. The van der Waals surface area contributed by atoms with Crippen molar-refractivity contribution in [3.8, 4) is 5.75 Å². The van der Waals surface area contributed by atoms with Crippen LogP contribution in [0.25, 0.3) is 0 Å². The monoisotopic (exact) mass is 368 g/mol. The fourth-order valence-electron chi connectivity index (χ4n) is 2.24. The molecular weight excluding hydrogens is 348 g/mol. The second kappa shape index (κ2) is 9.05. The number of benzene rings is 2. The lowest BCUT2D eigenvalue weighted by molar-refractivity contribution is -0.116. The largest absolute Gasteiger partial charge is 0.494 e. The summed E-state index contributed by atoms with van der Waals surface area (Å²) in [6, 6.07) is 17.3. The molecule has 0 aliphatic rings. The zero-order valence-electron chi connectivity index (χ0n) is 14.5. The number of anilines is 1. The molecule has 0 radical (unpaired) electrons. The van der Waals surface area contributed by atoms with Crippen LogP contribution in [0.4, 0.5) is 5.69 Å². The molecule has 0 spiro atoms. The van der Waals surface area contributed by atoms with Crippen molar-refractivity contribution in [1.29, 1.82) is 0 Å². The van der Waals surface area contributed by atoms with Gasteiger partial charge in [0.05, 0.1) is 6.61 Å². The Bertz CT molecular complexity index is 834. The molecular formula is C19H20N4O2S. The van der Waals surface area contributed by atoms with Crippen molar-refractivity contribution in [3.05, 3.63) is 60.9 Å². The summed E-state index contributed by atoms with van der Waals surface area (Å²) in [4.78, 5) is 13.1. The SMILES string of the molecule is Cn1cnnc1Sc1ccc(NC(=O)CCCOc2ccccc2)cc1. The third-order valence-corrected chi connectivity index (χ3v) is 4.64. The van der Waals surface area contributed by atoms with Crippen LogP contribution < -0.4 is 10.1 Å². The summed E-state index contributed by atoms with van der Waals surface area (Å²) in [6.45, 7) is 0.519. The topological polar surface area (TPSA) is 69.0 Å². The minimum Gasteiger partial charge on any atom is -0.494 e. The molecule has 1 aromatic heterocycles. The highest BCUT2D eigenvalue weighted by atomic mass is 32.2. The molecule has 7 heteroatoms. The van der Waals surface area contributed by atoms with Gasteiger partial charge in [-0.05, 0) is 54.6 Å². The fraction of sp³-hybridized carbons (Fsp3) is 0.211. The third kappa shape index (κ3) is 5.35. The summed E-state index contributed by atoms with van der Waals surface area (Å²) < 4.78 is 7.45. The minimum atomic E-state index is -0.0182. The van der Waals surface area contributed by atoms with E-state index in [-0.39, 0.29) is 5.91 Å². The van der Waals surface area contributed by atoms with Crippen molar-refractivity contribution in [2.75, 3.05) is 11.9 Å². The normalized spacial score (nSPS) is 10.5. The summed E-state index contributed by atoms with van der Waals surface area (Å²) in [5.74, 6) is 0.805. The summed E-state index contributed by atoms with van der Waals surface area (Å²) in [7, 11) is 1.90. The second-order valence-electron chi connectivity index (χ2n) is 5.66. The van der Waals surface area contributed by atoms with E-state index in [2.05, 4.69) is 15.5 Å². The second-order valence-corrected chi connectivity index (χ2v) is 6.70. The Morgan fingerprint density at radius 2 is 1.92 bits per heavy atom. The number of nitrogens with one attached hydrogen (secondary N) is 1. The molecule has 134 valence electrons. The zero-order chi connectivity index (χ0) is 18.2. The van der Waals surface area contributed by atoms with E-state index in [1.165, 1.54) is 11.8 Å². The van der Waals surface area contributed by atoms with E-state index in [0.717, 1.165) is 21.5 Å². The Hall–Kier alpha value is -2.80. The maximum atomic E-state index is 12.0. The molecule has 0 unspecified atom stereocenters. The molecule has 0 saturated carbocycles. The van der Waals surface area contributed by atoms with Crippen molar-refractivity contribution in [2.45, 2.75) is 22.9 Å². The van der Waals surface area contributed by atoms with E-state index < -0.39 is 0 Å². The maximum Gasteiger partial charge on any atom is 0.224 e. The first-order valence-corrected chi connectivity index (χ1v) is 9.12. The van der Waals surface area contributed by atoms with Crippen LogP contribution in [0, 0.1) is 0 Å². The van der Waals surface area contributed by atoms with Crippen LogP contribution in [0.3, 0.4) is 0 Å². The smallest absolute Gasteiger partial charge is 0.224 e. The van der Waals surface area contributed by atoms with Gasteiger partial charge in [0.1, 0.15) is 12.1 Å². The van der Waals surface area contributed by atoms with Gasteiger partial charge in [0.25, 0.3) is 0 Å². The third-order valence-electron chi connectivity index (χ3n) is 3.58. The van der Waals surface area contributed by atoms with E-state index in [1.54, 1.807) is 6.33 Å².